The molecule has 12 rings (SSSR count). The van der Waals surface area contributed by atoms with E-state index >= 15 is 8.78 Å². The van der Waals surface area contributed by atoms with Gasteiger partial charge in [0.1, 0.15) is 66.1 Å². The number of carbonyl (C=O) groups excluding carboxylic acids is 4. The Kier molecular flexibility index (Phi) is 13.5. The largest absolute Gasteiger partial charge is 0.461 e. The smallest absolute Gasteiger partial charge is 0.408 e. The Morgan fingerprint density at radius 3 is 2.65 bits per heavy atom. The Labute approximate surface area is 471 Å². The molecule has 20 nitrogen and oxygen atoms in total. The number of hydrogen-bond acceptors (Lipinski definition) is 18. The number of amides is 2. The van der Waals surface area contributed by atoms with Crippen LogP contribution in [0.4, 0.5) is 38.9 Å². The fourth-order valence-corrected chi connectivity index (χ4v) is 13.2. The Bertz CT molecular complexity index is 4080. The van der Waals surface area contributed by atoms with Gasteiger partial charge in [-0.25, -0.2) is 32.1 Å². The van der Waals surface area contributed by atoms with Gasteiger partial charge < -0.3 is 50.1 Å². The van der Waals surface area contributed by atoms with Crippen molar-refractivity contribution >= 4 is 95.3 Å². The molecular formula is C56H48ClF4N11O9S. The summed E-state index contributed by atoms with van der Waals surface area (Å²) in [4.78, 5) is 86.4. The van der Waals surface area contributed by atoms with E-state index in [9.17, 15) is 38.0 Å². The summed E-state index contributed by atoms with van der Waals surface area (Å²) in [5.41, 5.74) is 12.0. The third kappa shape index (κ3) is 9.08. The predicted molar refractivity (Wildman–Crippen MR) is 293 cm³/mol. The zero-order chi connectivity index (χ0) is 57.8. The van der Waals surface area contributed by atoms with Gasteiger partial charge in [0.05, 0.1) is 61.1 Å². The molecule has 5 N–H and O–H groups in total. The number of benzene rings is 3. The zero-order valence-electron chi connectivity index (χ0n) is 43.7. The summed E-state index contributed by atoms with van der Waals surface area (Å²) in [5, 5.41) is 13.0. The number of fused-ring (bicyclic) bond motifs is 8. The van der Waals surface area contributed by atoms with E-state index in [0.717, 1.165) is 23.8 Å². The second-order valence-corrected chi connectivity index (χ2v) is 22.5. The standard InChI is InChI=1S/C56H48ClF4N11O9S/c1-24-19-69(51(74)25(2)26(3)80-55(77)65-18-41(73)81-47-31-14-40-45-28(11-27-12-38(63)37(60)15-39(27)66-45)20-72(40)52(75)34(31)22-78-53(47)76)9-10-71(24)50-32-13-35(57)43(30-5-6-36(59)48-42(30)33(17-62)49(64)82-48)44(61)46(32)67-54(68-50)79-23-56-7-4-8-70(56)21-29(58)16-56/h5-6,11-15,24,26,29,47H,2,4,7-10,16,18-23,63-64H2,1,3H3,(H,65,77)/t24?,26?,29?,47?,56-/m0/s1. The number of cyclic esters (lactones) is 1. The number of nitrogens with zero attached hydrogens (tertiary/aromatic N) is 8. The first-order valence-electron chi connectivity index (χ1n) is 26.1. The number of thiophene rings is 1. The lowest BCUT2D eigenvalue weighted by atomic mass is 9.95. The van der Waals surface area contributed by atoms with E-state index < -0.39 is 90.1 Å². The maximum Gasteiger partial charge on any atom is 0.408 e. The molecule has 2 amide bonds. The molecule has 9 heterocycles. The van der Waals surface area contributed by atoms with Gasteiger partial charge in [0.25, 0.3) is 11.5 Å². The van der Waals surface area contributed by atoms with E-state index in [2.05, 4.69) is 26.8 Å². The van der Waals surface area contributed by atoms with Crippen LogP contribution in [-0.2, 0) is 41.7 Å². The fourth-order valence-electron chi connectivity index (χ4n) is 11.9. The van der Waals surface area contributed by atoms with Gasteiger partial charge in [0, 0.05) is 77.6 Å². The van der Waals surface area contributed by atoms with Crippen molar-refractivity contribution in [3.05, 3.63) is 110 Å². The number of esters is 2. The van der Waals surface area contributed by atoms with Crippen molar-refractivity contribution in [2.75, 3.05) is 62.2 Å². The van der Waals surface area contributed by atoms with Crippen molar-refractivity contribution < 1.29 is 55.7 Å². The summed E-state index contributed by atoms with van der Waals surface area (Å²) in [5.74, 6) is -4.67. The normalized spacial score (nSPS) is 20.5. The molecule has 0 saturated carbocycles. The third-order valence-electron chi connectivity index (χ3n) is 16.0. The SMILES string of the molecule is C=C(C(=O)N1CCN(c2nc(OC[C@@]34CCCN3CC(F)C4)nc3c(F)c(-c4ccc(F)c5sc(N)c(C#N)c45)c(Cl)cc23)C(C)C1)C(C)OC(=O)NCC(=O)OC1C(=O)OCc2c1cc1n(c2=O)Cc2cc3cc(N)c(F)cc3nc2-1. The van der Waals surface area contributed by atoms with Gasteiger partial charge in [0.2, 0.25) is 6.10 Å². The van der Waals surface area contributed by atoms with Gasteiger partial charge in [-0.1, -0.05) is 24.2 Å². The number of nitriles is 1. The van der Waals surface area contributed by atoms with E-state index in [1.807, 2.05) is 11.0 Å². The second-order valence-electron chi connectivity index (χ2n) is 21.0. The van der Waals surface area contributed by atoms with E-state index in [4.69, 9.17) is 47.0 Å². The summed E-state index contributed by atoms with van der Waals surface area (Å²) in [6.45, 7) is 7.27. The maximum atomic E-state index is 17.4. The minimum absolute atomic E-state index is 0.0219. The molecular weight excluding hydrogens is 1110 g/mol. The van der Waals surface area contributed by atoms with E-state index in [0.29, 0.717) is 35.3 Å². The molecule has 4 aromatic heterocycles. The van der Waals surface area contributed by atoms with Crippen molar-refractivity contribution in [1.82, 2.24) is 34.6 Å². The quantitative estimate of drug-likeness (QED) is 0.0375. The third-order valence-corrected chi connectivity index (χ3v) is 17.3. The Morgan fingerprint density at radius 2 is 1.87 bits per heavy atom. The fraction of sp³-hybridized carbons (Fsp3) is 0.339. The topological polar surface area (TPSA) is 263 Å². The van der Waals surface area contributed by atoms with Crippen LogP contribution in [0.5, 0.6) is 6.01 Å². The van der Waals surface area contributed by atoms with Crippen molar-refractivity contribution in [3.8, 4) is 34.6 Å². The highest BCUT2D eigenvalue weighted by atomic mass is 35.5. The molecule has 7 aromatic rings. The Balaban J connectivity index is 0.727. The molecule has 26 heteroatoms. The number of ether oxygens (including phenoxy) is 4. The zero-order valence-corrected chi connectivity index (χ0v) is 45.3. The van der Waals surface area contributed by atoms with Crippen molar-refractivity contribution in [2.24, 2.45) is 0 Å². The number of aromatic nitrogens is 4. The second kappa shape index (κ2) is 20.4. The van der Waals surface area contributed by atoms with Crippen LogP contribution in [0.2, 0.25) is 5.02 Å². The molecule has 82 heavy (non-hydrogen) atoms. The molecule has 4 unspecified atom stereocenters. The number of alkyl carbamates (subject to hydrolysis) is 1. The first-order valence-corrected chi connectivity index (χ1v) is 27.3. The lowest BCUT2D eigenvalue weighted by molar-refractivity contribution is -0.171. The van der Waals surface area contributed by atoms with Crippen molar-refractivity contribution in [3.63, 3.8) is 0 Å². The number of pyridine rings is 2. The number of carbonyl (C=O) groups is 4. The molecule has 0 spiro atoms. The Hall–Kier alpha value is -8.60. The predicted octanol–water partition coefficient (Wildman–Crippen LogP) is 7.36. The summed E-state index contributed by atoms with van der Waals surface area (Å²) < 4.78 is 85.7. The van der Waals surface area contributed by atoms with Crippen LogP contribution in [0.3, 0.4) is 0 Å². The summed E-state index contributed by atoms with van der Waals surface area (Å²) in [6, 6.07) is 11.0. The first-order chi connectivity index (χ1) is 39.2. The van der Waals surface area contributed by atoms with Gasteiger partial charge in [-0.15, -0.1) is 11.3 Å². The lowest BCUT2D eigenvalue weighted by Gasteiger charge is -2.41. The molecule has 0 bridgehead atoms. The van der Waals surface area contributed by atoms with Crippen LogP contribution in [0.25, 0.3) is 54.4 Å². The van der Waals surface area contributed by atoms with Gasteiger partial charge in [0.15, 0.2) is 5.82 Å². The van der Waals surface area contributed by atoms with Gasteiger partial charge in [-0.3, -0.25) is 19.3 Å². The van der Waals surface area contributed by atoms with Gasteiger partial charge >= 0.3 is 24.0 Å². The number of alkyl halides is 1. The molecule has 5 aliphatic heterocycles. The minimum Gasteiger partial charge on any atom is -0.461 e. The summed E-state index contributed by atoms with van der Waals surface area (Å²) >= 11 is 7.80. The molecule has 0 aliphatic carbocycles. The number of halogens is 5. The van der Waals surface area contributed by atoms with Crippen LogP contribution in [0.1, 0.15) is 61.5 Å². The molecule has 5 aliphatic rings. The average molecular weight is 1160 g/mol. The maximum absolute atomic E-state index is 17.4. The molecule has 3 saturated heterocycles. The van der Waals surface area contributed by atoms with Crippen LogP contribution in [0, 0.1) is 28.8 Å². The van der Waals surface area contributed by atoms with Crippen LogP contribution in [-0.4, -0.2) is 123 Å². The summed E-state index contributed by atoms with van der Waals surface area (Å²) in [6.07, 6.45) is -3.35. The number of nitrogens with one attached hydrogen (secondary N) is 1. The first kappa shape index (κ1) is 54.0. The van der Waals surface area contributed by atoms with Crippen molar-refractivity contribution in [2.45, 2.75) is 76.2 Å². The van der Waals surface area contributed by atoms with E-state index in [1.54, 1.807) is 13.0 Å². The molecule has 3 fully saturated rings. The van der Waals surface area contributed by atoms with Gasteiger partial charge in [-0.2, -0.15) is 15.2 Å². The van der Waals surface area contributed by atoms with Crippen LogP contribution < -0.4 is 32.0 Å². The summed E-state index contributed by atoms with van der Waals surface area (Å²) in [7, 11) is 0. The van der Waals surface area contributed by atoms with Crippen molar-refractivity contribution in [1.29, 1.82) is 5.26 Å². The number of nitrogen functional groups attached to an aromatic ring is 2. The molecule has 5 atom stereocenters. The van der Waals surface area contributed by atoms with Gasteiger partial charge in [-0.05, 0) is 69.1 Å². The molecule has 3 aromatic carbocycles. The Morgan fingerprint density at radius 1 is 1.06 bits per heavy atom. The molecule has 0 radical (unpaired) electrons. The monoisotopic (exact) mass is 1160 g/mol. The van der Waals surface area contributed by atoms with E-state index in [1.165, 1.54) is 46.7 Å². The lowest BCUT2D eigenvalue weighted by Crippen LogP contribution is -2.55. The number of hydrogen-bond donors (Lipinski definition) is 3. The highest BCUT2D eigenvalue weighted by Gasteiger charge is 2.50. The van der Waals surface area contributed by atoms with Crippen LogP contribution in [0.15, 0.2) is 59.4 Å². The average Bonchev–Trinajstić information content (AvgIpc) is 4.39. The van der Waals surface area contributed by atoms with E-state index in [-0.39, 0.29) is 133 Å². The molecule has 422 valence electrons. The van der Waals surface area contributed by atoms with Crippen LogP contribution >= 0.6 is 22.9 Å². The highest BCUT2D eigenvalue weighted by molar-refractivity contribution is 7.23. The minimum atomic E-state index is -1.69. The number of piperazine rings is 1. The number of nitrogens with two attached hydrogens (primary N) is 2. The number of anilines is 3. The number of rotatable bonds is 11. The highest BCUT2D eigenvalue weighted by Crippen LogP contribution is 2.47.